The van der Waals surface area contributed by atoms with Crippen molar-refractivity contribution in [2.75, 3.05) is 5.75 Å². The monoisotopic (exact) mass is 157 g/mol. The van der Waals surface area contributed by atoms with E-state index in [0.29, 0.717) is 5.75 Å². The third-order valence-electron chi connectivity index (χ3n) is 0.620. The summed E-state index contributed by atoms with van der Waals surface area (Å²) < 4.78 is 4.63. The van der Waals surface area contributed by atoms with Crippen LogP contribution in [0.2, 0.25) is 0 Å². The Bertz CT molecular complexity index is 200. The molecule has 3 nitrogen and oxygen atoms in total. The number of aromatic nitrogens is 2. The van der Waals surface area contributed by atoms with Crippen molar-refractivity contribution in [1.82, 2.24) is 9.59 Å². The maximum Gasteiger partial charge on any atom is 0.102 e. The molecule has 0 aliphatic rings. The van der Waals surface area contributed by atoms with Crippen molar-refractivity contribution in [2.45, 2.75) is 4.21 Å². The number of hydrogen-bond acceptors (Lipinski definition) is 5. The Morgan fingerprint density at radius 1 is 1.89 bits per heavy atom. The van der Waals surface area contributed by atoms with E-state index in [9.17, 15) is 0 Å². The molecule has 0 saturated heterocycles. The fourth-order valence-electron chi connectivity index (χ4n) is 0.325. The van der Waals surface area contributed by atoms with Crippen LogP contribution in [0.4, 0.5) is 0 Å². The first-order valence-corrected chi connectivity index (χ1v) is 3.96. The largest absolute Gasteiger partial charge is 0.197 e. The summed E-state index contributed by atoms with van der Waals surface area (Å²) in [6.45, 7) is 0. The van der Waals surface area contributed by atoms with E-state index in [0.717, 1.165) is 4.21 Å². The van der Waals surface area contributed by atoms with E-state index in [-0.39, 0.29) is 0 Å². The van der Waals surface area contributed by atoms with Crippen molar-refractivity contribution in [3.63, 3.8) is 0 Å². The van der Waals surface area contributed by atoms with Gasteiger partial charge in [0.2, 0.25) is 0 Å². The summed E-state index contributed by atoms with van der Waals surface area (Å²) in [5.41, 5.74) is 0. The molecule has 1 aromatic rings. The lowest BCUT2D eigenvalue weighted by Crippen LogP contribution is -1.65. The summed E-state index contributed by atoms with van der Waals surface area (Å²) in [4.78, 5) is 0. The van der Waals surface area contributed by atoms with Gasteiger partial charge in [-0.1, -0.05) is 16.3 Å². The van der Waals surface area contributed by atoms with E-state index in [1.165, 1.54) is 23.3 Å². The third-order valence-corrected chi connectivity index (χ3v) is 2.32. The Labute approximate surface area is 60.9 Å². The summed E-state index contributed by atoms with van der Waals surface area (Å²) in [7, 11) is 0. The zero-order valence-electron chi connectivity index (χ0n) is 4.44. The van der Waals surface area contributed by atoms with E-state index in [1.54, 1.807) is 6.20 Å². The zero-order chi connectivity index (χ0) is 6.53. The highest BCUT2D eigenvalue weighted by Crippen LogP contribution is 2.18. The topological polar surface area (TPSA) is 49.6 Å². The first-order valence-electron chi connectivity index (χ1n) is 2.20. The summed E-state index contributed by atoms with van der Waals surface area (Å²) in [6, 6.07) is 2.02. The predicted molar refractivity (Wildman–Crippen MR) is 36.2 cm³/mol. The Hall–Kier alpha value is -0.600. The van der Waals surface area contributed by atoms with Gasteiger partial charge in [0.05, 0.1) is 18.0 Å². The van der Waals surface area contributed by atoms with E-state index in [2.05, 4.69) is 9.59 Å². The van der Waals surface area contributed by atoms with Gasteiger partial charge in [0.15, 0.2) is 0 Å². The van der Waals surface area contributed by atoms with Gasteiger partial charge in [-0.2, -0.15) is 5.26 Å². The lowest BCUT2D eigenvalue weighted by Gasteiger charge is -1.81. The summed E-state index contributed by atoms with van der Waals surface area (Å²) in [6.07, 6.45) is 1.66. The predicted octanol–water partition coefficient (Wildman–Crippen LogP) is 1.15. The van der Waals surface area contributed by atoms with Gasteiger partial charge in [-0.3, -0.25) is 0 Å². The first kappa shape index (κ1) is 6.52. The van der Waals surface area contributed by atoms with Crippen LogP contribution in [0.1, 0.15) is 0 Å². The van der Waals surface area contributed by atoms with Gasteiger partial charge in [-0.15, -0.1) is 5.10 Å². The molecule has 9 heavy (non-hydrogen) atoms. The third kappa shape index (κ3) is 2.00. The molecule has 5 heteroatoms. The molecule has 46 valence electrons. The molecule has 0 atom stereocenters. The van der Waals surface area contributed by atoms with Crippen molar-refractivity contribution < 1.29 is 0 Å². The lowest BCUT2D eigenvalue weighted by atomic mass is 10.9. The van der Waals surface area contributed by atoms with E-state index in [1.807, 2.05) is 6.07 Å². The van der Waals surface area contributed by atoms with Gasteiger partial charge >= 0.3 is 0 Å². The van der Waals surface area contributed by atoms with Gasteiger partial charge in [-0.25, -0.2) is 0 Å². The van der Waals surface area contributed by atoms with Crippen LogP contribution in [-0.4, -0.2) is 15.3 Å². The van der Waals surface area contributed by atoms with Crippen molar-refractivity contribution in [1.29, 1.82) is 5.26 Å². The van der Waals surface area contributed by atoms with Gasteiger partial charge < -0.3 is 0 Å². The Morgan fingerprint density at radius 3 is 3.33 bits per heavy atom. The molecule has 0 fully saturated rings. The molecule has 1 rings (SSSR count). The van der Waals surface area contributed by atoms with E-state index >= 15 is 0 Å². The maximum absolute atomic E-state index is 8.16. The van der Waals surface area contributed by atoms with Crippen molar-refractivity contribution >= 4 is 23.3 Å². The SMILES string of the molecule is N#CCSc1cnns1. The highest BCUT2D eigenvalue weighted by atomic mass is 32.2. The maximum atomic E-state index is 8.16. The summed E-state index contributed by atoms with van der Waals surface area (Å²) in [5.74, 6) is 0.476. The molecule has 0 spiro atoms. The number of nitrogens with zero attached hydrogens (tertiary/aromatic N) is 3. The molecular formula is C4H3N3S2. The van der Waals surface area contributed by atoms with Gasteiger partial charge in [0, 0.05) is 0 Å². The minimum atomic E-state index is 0.476. The molecule has 1 heterocycles. The molecule has 0 radical (unpaired) electrons. The van der Waals surface area contributed by atoms with Crippen LogP contribution in [0.3, 0.4) is 0 Å². The summed E-state index contributed by atoms with van der Waals surface area (Å²) in [5, 5.41) is 11.8. The number of hydrogen-bond donors (Lipinski definition) is 0. The van der Waals surface area contributed by atoms with E-state index in [4.69, 9.17) is 5.26 Å². The Balaban J connectivity index is 2.41. The first-order chi connectivity index (χ1) is 4.43. The van der Waals surface area contributed by atoms with Crippen LogP contribution in [0, 0.1) is 11.3 Å². The number of rotatable bonds is 2. The standard InChI is InChI=1S/C4H3N3S2/c5-1-2-8-4-3-6-7-9-4/h3H,2H2. The van der Waals surface area contributed by atoms with Gasteiger partial charge in [0.1, 0.15) is 4.21 Å². The number of thioether (sulfide) groups is 1. The van der Waals surface area contributed by atoms with Crippen LogP contribution in [0.15, 0.2) is 10.4 Å². The molecule has 0 N–H and O–H groups in total. The van der Waals surface area contributed by atoms with Crippen LogP contribution >= 0.6 is 23.3 Å². The fraction of sp³-hybridized carbons (Fsp3) is 0.250. The smallest absolute Gasteiger partial charge is 0.102 e. The van der Waals surface area contributed by atoms with Crippen molar-refractivity contribution in [3.05, 3.63) is 6.20 Å². The second kappa shape index (κ2) is 3.43. The normalized spacial score (nSPS) is 8.78. The average molecular weight is 157 g/mol. The Kier molecular flexibility index (Phi) is 2.48. The molecule has 0 aliphatic heterocycles. The molecule has 0 bridgehead atoms. The Morgan fingerprint density at radius 2 is 2.78 bits per heavy atom. The number of nitriles is 1. The molecule has 0 aliphatic carbocycles. The van der Waals surface area contributed by atoms with Gasteiger partial charge in [0.25, 0.3) is 0 Å². The second-order valence-corrected chi connectivity index (χ2v) is 3.24. The van der Waals surface area contributed by atoms with Crippen molar-refractivity contribution in [2.24, 2.45) is 0 Å². The van der Waals surface area contributed by atoms with Gasteiger partial charge in [-0.05, 0) is 11.5 Å². The van der Waals surface area contributed by atoms with Crippen LogP contribution in [-0.2, 0) is 0 Å². The highest BCUT2D eigenvalue weighted by molar-refractivity contribution is 8.01. The van der Waals surface area contributed by atoms with E-state index < -0.39 is 0 Å². The lowest BCUT2D eigenvalue weighted by molar-refractivity contribution is 1.15. The fourth-order valence-corrected chi connectivity index (χ4v) is 1.41. The molecule has 0 saturated carbocycles. The van der Waals surface area contributed by atoms with Crippen molar-refractivity contribution in [3.8, 4) is 6.07 Å². The molecule has 1 aromatic heterocycles. The quantitative estimate of drug-likeness (QED) is 0.604. The average Bonchev–Trinajstić information content (AvgIpc) is 2.34. The molecular weight excluding hydrogens is 154 g/mol. The van der Waals surface area contributed by atoms with Crippen LogP contribution < -0.4 is 0 Å². The minimum absolute atomic E-state index is 0.476. The minimum Gasteiger partial charge on any atom is -0.197 e. The van der Waals surface area contributed by atoms with Crippen LogP contribution in [0.5, 0.6) is 0 Å². The molecule has 0 amide bonds. The molecule has 0 unspecified atom stereocenters. The summed E-state index contributed by atoms with van der Waals surface area (Å²) >= 11 is 2.77. The molecule has 0 aromatic carbocycles. The second-order valence-electron chi connectivity index (χ2n) is 1.18. The zero-order valence-corrected chi connectivity index (χ0v) is 6.08. The highest BCUT2D eigenvalue weighted by Gasteiger charge is 1.93. The van der Waals surface area contributed by atoms with Crippen LogP contribution in [0.25, 0.3) is 0 Å².